The minimum absolute atomic E-state index is 1.06. The highest BCUT2D eigenvalue weighted by Crippen LogP contribution is 2.57. The van der Waals surface area contributed by atoms with Crippen molar-refractivity contribution >= 4 is 44.5 Å². The number of nitrogens with zero attached hydrogens (tertiary/aromatic N) is 1. The molecule has 0 N–H and O–H groups in total. The van der Waals surface area contributed by atoms with Crippen molar-refractivity contribution in [2.75, 3.05) is 0 Å². The van der Waals surface area contributed by atoms with Crippen molar-refractivity contribution in [3.8, 4) is 0 Å². The van der Waals surface area contributed by atoms with Crippen LogP contribution in [0, 0.1) is 13.8 Å². The van der Waals surface area contributed by atoms with E-state index >= 15 is 0 Å². The fraction of sp³-hybridized carbons (Fsp3) is 0.0571. The van der Waals surface area contributed by atoms with Gasteiger partial charge in [-0.2, -0.15) is 0 Å². The van der Waals surface area contributed by atoms with Crippen LogP contribution >= 0.6 is 0 Å². The van der Waals surface area contributed by atoms with Crippen molar-refractivity contribution in [2.24, 2.45) is 4.99 Å². The van der Waals surface area contributed by atoms with Crippen molar-refractivity contribution in [3.05, 3.63) is 149 Å². The van der Waals surface area contributed by atoms with Gasteiger partial charge in [-0.1, -0.05) is 115 Å². The number of fused-ring (bicyclic) bond motifs is 3. The summed E-state index contributed by atoms with van der Waals surface area (Å²) in [6.07, 6.45) is 0. The second kappa shape index (κ2) is 8.03. The fourth-order valence-electron chi connectivity index (χ4n) is 5.89. The van der Waals surface area contributed by atoms with E-state index in [0.717, 1.165) is 11.4 Å². The van der Waals surface area contributed by atoms with Gasteiger partial charge in [0.1, 0.15) is 0 Å². The van der Waals surface area contributed by atoms with Gasteiger partial charge in [-0.15, -0.1) is 0 Å². The lowest BCUT2D eigenvalue weighted by Gasteiger charge is -2.15. The third kappa shape index (κ3) is 2.99. The fourth-order valence-corrected chi connectivity index (χ4v) is 5.89. The minimum Gasteiger partial charge on any atom is -0.247 e. The van der Waals surface area contributed by atoms with Crippen LogP contribution in [0.2, 0.25) is 0 Å². The number of allylic oxidation sites excluding steroid dienone is 4. The summed E-state index contributed by atoms with van der Waals surface area (Å²) in [6, 6.07) is 41.4. The average Bonchev–Trinajstić information content (AvgIpc) is 3.41. The zero-order valence-electron chi connectivity index (χ0n) is 20.4. The molecule has 7 rings (SSSR count). The molecule has 0 atom stereocenters. The van der Waals surface area contributed by atoms with E-state index in [2.05, 4.69) is 129 Å². The highest BCUT2D eigenvalue weighted by molar-refractivity contribution is 6.63. The van der Waals surface area contributed by atoms with Gasteiger partial charge in [-0.05, 0) is 58.0 Å². The molecule has 0 saturated heterocycles. The Bertz CT molecular complexity index is 1650. The molecule has 0 heterocycles. The number of hydrogen-bond acceptors (Lipinski definition) is 1. The lowest BCUT2D eigenvalue weighted by atomic mass is 9.92. The third-order valence-corrected chi connectivity index (χ3v) is 7.46. The van der Waals surface area contributed by atoms with Gasteiger partial charge in [-0.25, -0.2) is 4.99 Å². The molecule has 2 aliphatic rings. The molecule has 0 spiro atoms. The maximum atomic E-state index is 5.49. The normalized spacial score (nSPS) is 14.1. The van der Waals surface area contributed by atoms with Gasteiger partial charge in [0, 0.05) is 22.3 Å². The number of para-hydroxylation sites is 1. The second-order valence-electron chi connectivity index (χ2n) is 9.64. The number of hydrogen-bond donors (Lipinski definition) is 0. The number of rotatable bonds is 3. The molecule has 0 saturated carbocycles. The number of aliphatic imine (C=N–C) groups is 1. The Balaban J connectivity index is 1.66. The van der Waals surface area contributed by atoms with E-state index in [9.17, 15) is 0 Å². The molecule has 0 amide bonds. The van der Waals surface area contributed by atoms with Crippen LogP contribution in [0.15, 0.2) is 120 Å². The molecular formula is C35H25N. The standard InChI is InChI=1S/C35H25N/c1-22-12-9-13-23(2)34(22)36-35-30(25-14-5-3-6-15-25)32-27-20-10-18-24-19-11-21-28(29(24)27)33(32)31(35)26-16-7-4-8-17-26/h3-21H,1-2H3. The quantitative estimate of drug-likeness (QED) is 0.255. The van der Waals surface area contributed by atoms with Crippen LogP contribution < -0.4 is 0 Å². The summed E-state index contributed by atoms with van der Waals surface area (Å²) in [5, 5.41) is 2.63. The Kier molecular flexibility index (Phi) is 4.65. The maximum absolute atomic E-state index is 5.49. The summed E-state index contributed by atoms with van der Waals surface area (Å²) in [4.78, 5) is 5.49. The zero-order valence-corrected chi connectivity index (χ0v) is 20.4. The Hall–Kier alpha value is -4.49. The van der Waals surface area contributed by atoms with Crippen LogP contribution in [-0.4, -0.2) is 5.71 Å². The second-order valence-corrected chi connectivity index (χ2v) is 9.64. The molecule has 5 aromatic carbocycles. The number of aryl methyl sites for hydroxylation is 2. The Morgan fingerprint density at radius 3 is 1.42 bits per heavy atom. The van der Waals surface area contributed by atoms with Gasteiger partial charge >= 0.3 is 0 Å². The smallest absolute Gasteiger partial charge is 0.0806 e. The summed E-state index contributed by atoms with van der Waals surface area (Å²) in [5.74, 6) is 0. The van der Waals surface area contributed by atoms with Gasteiger partial charge in [0.15, 0.2) is 0 Å². The molecular weight excluding hydrogens is 434 g/mol. The minimum atomic E-state index is 1.06. The van der Waals surface area contributed by atoms with Crippen LogP contribution in [0.3, 0.4) is 0 Å². The zero-order chi connectivity index (χ0) is 24.2. The molecule has 2 aliphatic carbocycles. The molecule has 36 heavy (non-hydrogen) atoms. The van der Waals surface area contributed by atoms with E-state index in [1.165, 1.54) is 66.4 Å². The Morgan fingerprint density at radius 2 is 0.917 bits per heavy atom. The molecule has 0 aromatic heterocycles. The molecule has 0 radical (unpaired) electrons. The van der Waals surface area contributed by atoms with Gasteiger partial charge in [-0.3, -0.25) is 0 Å². The first kappa shape index (κ1) is 20.8. The largest absolute Gasteiger partial charge is 0.247 e. The summed E-state index contributed by atoms with van der Waals surface area (Å²) in [5.41, 5.74) is 14.5. The molecule has 0 bridgehead atoms. The average molecular weight is 460 g/mol. The van der Waals surface area contributed by atoms with Crippen molar-refractivity contribution in [1.29, 1.82) is 0 Å². The predicted octanol–water partition coefficient (Wildman–Crippen LogP) is 9.08. The van der Waals surface area contributed by atoms with E-state index in [-0.39, 0.29) is 0 Å². The molecule has 1 heteroatoms. The maximum Gasteiger partial charge on any atom is 0.0806 e. The van der Waals surface area contributed by atoms with Crippen molar-refractivity contribution in [1.82, 2.24) is 0 Å². The van der Waals surface area contributed by atoms with E-state index in [4.69, 9.17) is 4.99 Å². The molecule has 0 aliphatic heterocycles. The van der Waals surface area contributed by atoms with Gasteiger partial charge in [0.05, 0.1) is 11.4 Å². The highest BCUT2D eigenvalue weighted by atomic mass is 14.8. The van der Waals surface area contributed by atoms with E-state index in [1.807, 2.05) is 0 Å². The van der Waals surface area contributed by atoms with Gasteiger partial charge in [0.25, 0.3) is 0 Å². The molecule has 1 nitrogen and oxygen atoms in total. The van der Waals surface area contributed by atoms with Gasteiger partial charge in [0.2, 0.25) is 0 Å². The first-order chi connectivity index (χ1) is 17.7. The molecule has 0 fully saturated rings. The predicted molar refractivity (Wildman–Crippen MR) is 153 cm³/mol. The summed E-state index contributed by atoms with van der Waals surface area (Å²) < 4.78 is 0. The van der Waals surface area contributed by atoms with Crippen LogP contribution in [0.5, 0.6) is 0 Å². The Labute approximate surface area is 211 Å². The summed E-state index contributed by atoms with van der Waals surface area (Å²) in [6.45, 7) is 4.31. The molecule has 170 valence electrons. The van der Waals surface area contributed by atoms with E-state index in [0.29, 0.717) is 0 Å². The van der Waals surface area contributed by atoms with E-state index in [1.54, 1.807) is 0 Å². The first-order valence-corrected chi connectivity index (χ1v) is 12.5. The summed E-state index contributed by atoms with van der Waals surface area (Å²) in [7, 11) is 0. The Morgan fingerprint density at radius 1 is 0.444 bits per heavy atom. The third-order valence-electron chi connectivity index (χ3n) is 7.46. The molecule has 5 aromatic rings. The first-order valence-electron chi connectivity index (χ1n) is 12.5. The van der Waals surface area contributed by atoms with E-state index < -0.39 is 0 Å². The summed E-state index contributed by atoms with van der Waals surface area (Å²) >= 11 is 0. The number of benzene rings is 5. The van der Waals surface area contributed by atoms with Crippen molar-refractivity contribution in [2.45, 2.75) is 13.8 Å². The topological polar surface area (TPSA) is 12.4 Å². The van der Waals surface area contributed by atoms with Crippen LogP contribution in [-0.2, 0) is 0 Å². The highest BCUT2D eigenvalue weighted by Gasteiger charge is 2.38. The van der Waals surface area contributed by atoms with Crippen LogP contribution in [0.1, 0.15) is 33.4 Å². The van der Waals surface area contributed by atoms with Crippen LogP contribution in [0.4, 0.5) is 5.69 Å². The van der Waals surface area contributed by atoms with Crippen LogP contribution in [0.25, 0.3) is 33.1 Å². The SMILES string of the molecule is Cc1cccc(C)c1N=C1C(c2ccccc2)=C2C(=C1c1ccccc1)c1cccc3cccc2c13. The van der Waals surface area contributed by atoms with Crippen molar-refractivity contribution in [3.63, 3.8) is 0 Å². The lowest BCUT2D eigenvalue weighted by molar-refractivity contribution is 1.33. The lowest BCUT2D eigenvalue weighted by Crippen LogP contribution is -2.04. The molecule has 0 unspecified atom stereocenters. The van der Waals surface area contributed by atoms with Gasteiger partial charge < -0.3 is 0 Å². The van der Waals surface area contributed by atoms with Crippen molar-refractivity contribution < 1.29 is 0 Å². The monoisotopic (exact) mass is 459 g/mol.